The molecule has 0 aliphatic heterocycles. The first-order valence-electron chi connectivity index (χ1n) is 5.03. The molecule has 16 heavy (non-hydrogen) atoms. The minimum Gasteiger partial charge on any atom is -0.477 e. The summed E-state index contributed by atoms with van der Waals surface area (Å²) in [5.74, 6) is -0.915. The van der Waals surface area contributed by atoms with Gasteiger partial charge in [0.2, 0.25) is 0 Å². The van der Waals surface area contributed by atoms with Crippen molar-refractivity contribution in [1.82, 2.24) is 4.98 Å². The van der Waals surface area contributed by atoms with Gasteiger partial charge in [0, 0.05) is 11.1 Å². The third kappa shape index (κ3) is 2.61. The lowest BCUT2D eigenvalue weighted by Crippen LogP contribution is -1.89. The molecule has 0 saturated carbocycles. The normalized spacial score (nSPS) is 9.62. The molecule has 2 heterocycles. The van der Waals surface area contributed by atoms with Crippen LogP contribution in [-0.2, 0) is 6.32 Å². The van der Waals surface area contributed by atoms with Crippen molar-refractivity contribution in [3.05, 3.63) is 28.8 Å². The Morgan fingerprint density at radius 1 is 1.50 bits per heavy atom. The Hall–Kier alpha value is -1.36. The average molecular weight is 233 g/mol. The summed E-state index contributed by atoms with van der Waals surface area (Å²) in [7, 11) is 5.43. The predicted molar refractivity (Wildman–Crippen MR) is 67.4 cm³/mol. The number of carbonyl (C=O) groups is 1. The Balaban J connectivity index is 0.000000606. The summed E-state index contributed by atoms with van der Waals surface area (Å²) in [5.41, 5.74) is 0.774. The summed E-state index contributed by atoms with van der Waals surface area (Å²) >= 11 is 1.17. The van der Waals surface area contributed by atoms with Gasteiger partial charge in [0.05, 0.1) is 7.85 Å². The lowest BCUT2D eigenvalue weighted by molar-refractivity contribution is 0.0702. The van der Waals surface area contributed by atoms with E-state index < -0.39 is 5.97 Å². The highest BCUT2D eigenvalue weighted by molar-refractivity contribution is 7.20. The molecule has 2 radical (unpaired) electrons. The minimum absolute atomic E-state index is 0.307. The first-order valence-corrected chi connectivity index (χ1v) is 5.85. The van der Waals surface area contributed by atoms with Crippen LogP contribution < -0.4 is 0 Å². The van der Waals surface area contributed by atoms with Gasteiger partial charge in [-0.3, -0.25) is 0 Å². The van der Waals surface area contributed by atoms with Gasteiger partial charge in [-0.2, -0.15) is 0 Å². The van der Waals surface area contributed by atoms with Gasteiger partial charge < -0.3 is 5.11 Å². The molecule has 0 unspecified atom stereocenters. The smallest absolute Gasteiger partial charge is 0.345 e. The quantitative estimate of drug-likeness (QED) is 0.811. The molecule has 0 saturated heterocycles. The van der Waals surface area contributed by atoms with E-state index in [4.69, 9.17) is 13.0 Å². The van der Waals surface area contributed by atoms with Crippen LogP contribution in [0.5, 0.6) is 0 Å². The molecular weight excluding hydrogens is 221 g/mol. The number of carboxylic acids is 1. The number of carboxylic acid groups (broad SMARTS) is 1. The maximum Gasteiger partial charge on any atom is 0.345 e. The fourth-order valence-corrected chi connectivity index (χ4v) is 2.06. The summed E-state index contributed by atoms with van der Waals surface area (Å²) in [4.78, 5) is 15.9. The number of fused-ring (bicyclic) bond motifs is 1. The number of hydrogen-bond donors (Lipinski definition) is 1. The topological polar surface area (TPSA) is 50.2 Å². The molecular formula is C11H12BNO2S. The molecule has 2 rings (SSSR count). The van der Waals surface area contributed by atoms with E-state index in [0.717, 1.165) is 15.9 Å². The van der Waals surface area contributed by atoms with Crippen LogP contribution in [-0.4, -0.2) is 23.9 Å². The molecule has 0 aromatic carbocycles. The Morgan fingerprint density at radius 2 is 2.19 bits per heavy atom. The maximum absolute atomic E-state index is 10.7. The van der Waals surface area contributed by atoms with Gasteiger partial charge in [0.25, 0.3) is 0 Å². The number of nitrogens with zero attached hydrogens (tertiary/aromatic N) is 1. The number of aromatic nitrogens is 1. The van der Waals surface area contributed by atoms with E-state index in [1.807, 2.05) is 19.9 Å². The van der Waals surface area contributed by atoms with Gasteiger partial charge >= 0.3 is 5.97 Å². The number of aromatic carboxylic acids is 1. The van der Waals surface area contributed by atoms with E-state index in [1.54, 1.807) is 12.1 Å². The zero-order valence-corrected chi connectivity index (χ0v) is 10.0. The van der Waals surface area contributed by atoms with E-state index in [0.29, 0.717) is 11.2 Å². The van der Waals surface area contributed by atoms with Crippen molar-refractivity contribution in [2.45, 2.75) is 20.2 Å². The van der Waals surface area contributed by atoms with Crippen molar-refractivity contribution in [3.63, 3.8) is 0 Å². The maximum atomic E-state index is 10.7. The van der Waals surface area contributed by atoms with Gasteiger partial charge in [0.15, 0.2) is 0 Å². The molecule has 0 spiro atoms. The lowest BCUT2D eigenvalue weighted by Gasteiger charge is -1.93. The predicted octanol–water partition coefficient (Wildman–Crippen LogP) is 2.69. The first-order chi connectivity index (χ1) is 7.70. The molecule has 2 aromatic rings. The van der Waals surface area contributed by atoms with E-state index in [1.165, 1.54) is 11.3 Å². The molecule has 3 nitrogen and oxygen atoms in total. The summed E-state index contributed by atoms with van der Waals surface area (Å²) in [6, 6.07) is 5.27. The van der Waals surface area contributed by atoms with Gasteiger partial charge in [-0.25, -0.2) is 9.78 Å². The standard InChI is InChI=1S/C9H6BNO2S.C2H6/c10-4-6-2-1-5-3-7(9(12)13)14-8(5)11-6;1-2/h1-3H,4H2,(H,12,13);1-2H3. The van der Waals surface area contributed by atoms with Crippen LogP contribution in [0, 0.1) is 0 Å². The second kappa shape index (κ2) is 5.65. The van der Waals surface area contributed by atoms with Crippen molar-refractivity contribution in [2.24, 2.45) is 0 Å². The summed E-state index contributed by atoms with van der Waals surface area (Å²) < 4.78 is 0. The van der Waals surface area contributed by atoms with Crippen molar-refractivity contribution < 1.29 is 9.90 Å². The SMILES string of the molecule is CC.[B]Cc1ccc2cc(C(=O)O)sc2n1. The highest BCUT2D eigenvalue weighted by Crippen LogP contribution is 2.23. The monoisotopic (exact) mass is 233 g/mol. The highest BCUT2D eigenvalue weighted by Gasteiger charge is 2.08. The van der Waals surface area contributed by atoms with Gasteiger partial charge in [-0.1, -0.05) is 19.9 Å². The van der Waals surface area contributed by atoms with E-state index in [-0.39, 0.29) is 0 Å². The molecule has 0 amide bonds. The molecule has 1 N–H and O–H groups in total. The van der Waals surface area contributed by atoms with Crippen LogP contribution in [0.4, 0.5) is 0 Å². The van der Waals surface area contributed by atoms with Crippen molar-refractivity contribution in [2.75, 3.05) is 0 Å². The lowest BCUT2D eigenvalue weighted by atomic mass is 10.0. The van der Waals surface area contributed by atoms with Crippen LogP contribution in [0.2, 0.25) is 0 Å². The Labute approximate surface area is 99.5 Å². The number of rotatable bonds is 2. The van der Waals surface area contributed by atoms with E-state index in [2.05, 4.69) is 4.98 Å². The molecule has 0 bridgehead atoms. The Morgan fingerprint density at radius 3 is 2.75 bits per heavy atom. The van der Waals surface area contributed by atoms with Gasteiger partial charge in [-0.15, -0.1) is 11.3 Å². The number of thiophene rings is 1. The van der Waals surface area contributed by atoms with E-state index >= 15 is 0 Å². The second-order valence-electron chi connectivity index (χ2n) is 2.82. The number of pyridine rings is 1. The minimum atomic E-state index is -0.915. The molecule has 0 aliphatic rings. The fourth-order valence-electron chi connectivity index (χ4n) is 1.18. The van der Waals surface area contributed by atoms with Gasteiger partial charge in [-0.05, 0) is 18.5 Å². The summed E-state index contributed by atoms with van der Waals surface area (Å²) in [5, 5.41) is 9.62. The molecule has 5 heteroatoms. The van der Waals surface area contributed by atoms with Crippen LogP contribution >= 0.6 is 11.3 Å². The Kier molecular flexibility index (Phi) is 4.49. The van der Waals surface area contributed by atoms with Crippen molar-refractivity contribution in [1.29, 1.82) is 0 Å². The average Bonchev–Trinajstić information content (AvgIpc) is 2.74. The largest absolute Gasteiger partial charge is 0.477 e. The second-order valence-corrected chi connectivity index (χ2v) is 3.85. The van der Waals surface area contributed by atoms with E-state index in [9.17, 15) is 4.79 Å². The van der Waals surface area contributed by atoms with Crippen LogP contribution in [0.3, 0.4) is 0 Å². The zero-order valence-electron chi connectivity index (χ0n) is 9.23. The van der Waals surface area contributed by atoms with Gasteiger partial charge in [0.1, 0.15) is 9.71 Å². The fraction of sp³-hybridized carbons (Fsp3) is 0.273. The molecule has 0 atom stereocenters. The van der Waals surface area contributed by atoms with Crippen molar-refractivity contribution >= 4 is 35.4 Å². The zero-order chi connectivity index (χ0) is 12.1. The third-order valence-corrected chi connectivity index (χ3v) is 2.89. The van der Waals surface area contributed by atoms with Crippen LogP contribution in [0.25, 0.3) is 10.2 Å². The van der Waals surface area contributed by atoms with Crippen molar-refractivity contribution in [3.8, 4) is 0 Å². The molecule has 0 aliphatic carbocycles. The third-order valence-electron chi connectivity index (χ3n) is 1.86. The van der Waals surface area contributed by atoms with Crippen LogP contribution in [0.15, 0.2) is 18.2 Å². The highest BCUT2D eigenvalue weighted by atomic mass is 32.1. The Bertz CT molecular complexity index is 496. The molecule has 0 fully saturated rings. The summed E-state index contributed by atoms with van der Waals surface area (Å²) in [6.45, 7) is 4.00. The summed E-state index contributed by atoms with van der Waals surface area (Å²) in [6.07, 6.45) is 0.371. The molecule has 82 valence electrons. The van der Waals surface area contributed by atoms with Crippen LogP contribution in [0.1, 0.15) is 29.2 Å². The number of hydrogen-bond acceptors (Lipinski definition) is 3. The molecule has 2 aromatic heterocycles. The first kappa shape index (κ1) is 12.7.